The van der Waals surface area contributed by atoms with Crippen molar-refractivity contribution in [2.45, 2.75) is 18.9 Å². The highest BCUT2D eigenvalue weighted by Crippen LogP contribution is 2.38. The van der Waals surface area contributed by atoms with Crippen molar-refractivity contribution in [3.05, 3.63) is 52.7 Å². The fourth-order valence-electron chi connectivity index (χ4n) is 2.44. The van der Waals surface area contributed by atoms with Crippen molar-refractivity contribution in [2.75, 3.05) is 11.9 Å². The summed E-state index contributed by atoms with van der Waals surface area (Å²) in [5.41, 5.74) is 1.60. The summed E-state index contributed by atoms with van der Waals surface area (Å²) < 4.78 is 5.75. The van der Waals surface area contributed by atoms with Gasteiger partial charge in [-0.1, -0.05) is 23.7 Å². The van der Waals surface area contributed by atoms with Crippen LogP contribution in [-0.2, 0) is 0 Å². The summed E-state index contributed by atoms with van der Waals surface area (Å²) >= 11 is 6.22. The zero-order chi connectivity index (χ0) is 14.7. The van der Waals surface area contributed by atoms with Crippen molar-refractivity contribution in [2.24, 2.45) is 0 Å². The quantitative estimate of drug-likeness (QED) is 0.912. The van der Waals surface area contributed by atoms with E-state index < -0.39 is 0 Å². The molecule has 0 spiro atoms. The summed E-state index contributed by atoms with van der Waals surface area (Å²) in [5, 5.41) is 12.8. The van der Waals surface area contributed by atoms with Crippen molar-refractivity contribution in [1.29, 1.82) is 5.26 Å². The number of halogens is 1. The molecule has 0 aliphatic carbocycles. The fraction of sp³-hybridized carbons (Fsp3) is 0.250. The van der Waals surface area contributed by atoms with E-state index in [2.05, 4.69) is 16.4 Å². The molecule has 3 rings (SSSR count). The van der Waals surface area contributed by atoms with Crippen LogP contribution in [-0.4, -0.2) is 11.6 Å². The lowest BCUT2D eigenvalue weighted by Gasteiger charge is -2.19. The molecule has 1 N–H and O–H groups in total. The second-order valence-electron chi connectivity index (χ2n) is 4.89. The zero-order valence-corrected chi connectivity index (χ0v) is 12.1. The Morgan fingerprint density at radius 1 is 1.33 bits per heavy atom. The van der Waals surface area contributed by atoms with Gasteiger partial charge in [-0.3, -0.25) is 0 Å². The molecule has 1 atom stereocenters. The lowest BCUT2D eigenvalue weighted by atomic mass is 10.0. The number of nitrogens with one attached hydrogen (secondary N) is 1. The van der Waals surface area contributed by atoms with Crippen LogP contribution in [0.1, 0.15) is 30.0 Å². The van der Waals surface area contributed by atoms with Crippen molar-refractivity contribution in [1.82, 2.24) is 4.98 Å². The predicted molar refractivity (Wildman–Crippen MR) is 81.5 cm³/mol. The molecule has 21 heavy (non-hydrogen) atoms. The summed E-state index contributed by atoms with van der Waals surface area (Å²) in [7, 11) is 0. The first-order valence-corrected chi connectivity index (χ1v) is 7.19. The van der Waals surface area contributed by atoms with Crippen molar-refractivity contribution in [3.8, 4) is 11.8 Å². The Morgan fingerprint density at radius 3 is 3.00 bits per heavy atom. The number of hydrogen-bond donors (Lipinski definition) is 1. The first-order chi connectivity index (χ1) is 10.3. The Balaban J connectivity index is 1.88. The highest BCUT2D eigenvalue weighted by molar-refractivity contribution is 6.32. The Labute approximate surface area is 128 Å². The van der Waals surface area contributed by atoms with Gasteiger partial charge in [0.05, 0.1) is 23.2 Å². The summed E-state index contributed by atoms with van der Waals surface area (Å²) in [4.78, 5) is 4.26. The maximum absolute atomic E-state index is 8.81. The summed E-state index contributed by atoms with van der Waals surface area (Å²) in [6.45, 7) is 0.662. The SMILES string of the molecule is N#Cc1ccc(NC2CCCOc3c(Cl)cccc32)nc1. The van der Waals surface area contributed by atoms with E-state index in [4.69, 9.17) is 21.6 Å². The molecule has 1 aliphatic heterocycles. The maximum atomic E-state index is 8.81. The number of para-hydroxylation sites is 1. The van der Waals surface area contributed by atoms with Crippen LogP contribution in [0.5, 0.6) is 5.75 Å². The van der Waals surface area contributed by atoms with E-state index in [0.717, 1.165) is 30.0 Å². The number of rotatable bonds is 2. The monoisotopic (exact) mass is 299 g/mol. The molecule has 1 aliphatic rings. The summed E-state index contributed by atoms with van der Waals surface area (Å²) in [6.07, 6.45) is 3.45. The second kappa shape index (κ2) is 6.02. The minimum Gasteiger partial charge on any atom is -0.492 e. The van der Waals surface area contributed by atoms with Crippen LogP contribution >= 0.6 is 11.6 Å². The van der Waals surface area contributed by atoms with Crippen LogP contribution in [0.15, 0.2) is 36.5 Å². The van der Waals surface area contributed by atoms with E-state index in [0.29, 0.717) is 17.2 Å². The highest BCUT2D eigenvalue weighted by atomic mass is 35.5. The third-order valence-electron chi connectivity index (χ3n) is 3.47. The summed E-state index contributed by atoms with van der Waals surface area (Å²) in [6, 6.07) is 11.5. The topological polar surface area (TPSA) is 57.9 Å². The average Bonchev–Trinajstić information content (AvgIpc) is 2.72. The molecule has 0 fully saturated rings. The first-order valence-electron chi connectivity index (χ1n) is 6.82. The van der Waals surface area contributed by atoms with Gasteiger partial charge in [-0.05, 0) is 31.0 Å². The minimum absolute atomic E-state index is 0.0987. The number of nitrogens with zero attached hydrogens (tertiary/aromatic N) is 2. The van der Waals surface area contributed by atoms with Gasteiger partial charge in [0.2, 0.25) is 0 Å². The van der Waals surface area contributed by atoms with Crippen LogP contribution in [0.25, 0.3) is 0 Å². The van der Waals surface area contributed by atoms with Crippen molar-refractivity contribution < 1.29 is 4.74 Å². The lowest BCUT2D eigenvalue weighted by molar-refractivity contribution is 0.316. The van der Waals surface area contributed by atoms with Gasteiger partial charge in [0.25, 0.3) is 0 Å². The summed E-state index contributed by atoms with van der Waals surface area (Å²) in [5.74, 6) is 1.50. The van der Waals surface area contributed by atoms with E-state index in [9.17, 15) is 0 Å². The van der Waals surface area contributed by atoms with Gasteiger partial charge in [-0.15, -0.1) is 0 Å². The molecule has 1 unspecified atom stereocenters. The fourth-order valence-corrected chi connectivity index (χ4v) is 2.68. The van der Waals surface area contributed by atoms with Crippen LogP contribution in [0, 0.1) is 11.3 Å². The Hall–Kier alpha value is -2.25. The van der Waals surface area contributed by atoms with Gasteiger partial charge in [-0.25, -0.2) is 4.98 Å². The number of fused-ring (bicyclic) bond motifs is 1. The predicted octanol–water partition coefficient (Wildman–Crippen LogP) is 3.93. The smallest absolute Gasteiger partial charge is 0.143 e. The number of benzene rings is 1. The number of hydrogen-bond acceptors (Lipinski definition) is 4. The van der Waals surface area contributed by atoms with Crippen LogP contribution in [0.2, 0.25) is 5.02 Å². The largest absolute Gasteiger partial charge is 0.492 e. The van der Waals surface area contributed by atoms with Gasteiger partial charge in [0, 0.05) is 11.8 Å². The Kier molecular flexibility index (Phi) is 3.94. The number of pyridine rings is 1. The van der Waals surface area contributed by atoms with Crippen molar-refractivity contribution >= 4 is 17.4 Å². The molecule has 2 aromatic rings. The normalized spacial score (nSPS) is 17.0. The van der Waals surface area contributed by atoms with Crippen LogP contribution in [0.3, 0.4) is 0 Å². The van der Waals surface area contributed by atoms with E-state index in [-0.39, 0.29) is 6.04 Å². The van der Waals surface area contributed by atoms with Gasteiger partial charge < -0.3 is 10.1 Å². The van der Waals surface area contributed by atoms with E-state index in [1.807, 2.05) is 24.3 Å². The molecule has 0 saturated heterocycles. The molecule has 4 nitrogen and oxygen atoms in total. The van der Waals surface area contributed by atoms with Gasteiger partial charge >= 0.3 is 0 Å². The molecule has 1 aromatic heterocycles. The molecule has 1 aromatic carbocycles. The Bertz CT molecular complexity index is 679. The minimum atomic E-state index is 0.0987. The molecule has 5 heteroatoms. The van der Waals surface area contributed by atoms with Gasteiger partial charge in [0.1, 0.15) is 17.6 Å². The second-order valence-corrected chi connectivity index (χ2v) is 5.30. The highest BCUT2D eigenvalue weighted by Gasteiger charge is 2.21. The van der Waals surface area contributed by atoms with Gasteiger partial charge in [0.15, 0.2) is 0 Å². The molecule has 0 saturated carbocycles. The first kappa shape index (κ1) is 13.7. The third-order valence-corrected chi connectivity index (χ3v) is 3.77. The van der Waals surface area contributed by atoms with Crippen molar-refractivity contribution in [3.63, 3.8) is 0 Å². The molecular weight excluding hydrogens is 286 g/mol. The molecule has 0 amide bonds. The molecule has 106 valence electrons. The van der Waals surface area contributed by atoms with Gasteiger partial charge in [-0.2, -0.15) is 5.26 Å². The lowest BCUT2D eigenvalue weighted by Crippen LogP contribution is -2.11. The number of nitriles is 1. The number of aromatic nitrogens is 1. The zero-order valence-electron chi connectivity index (χ0n) is 11.3. The molecule has 2 heterocycles. The average molecular weight is 300 g/mol. The molecule has 0 bridgehead atoms. The van der Waals surface area contributed by atoms with E-state index in [1.165, 1.54) is 0 Å². The maximum Gasteiger partial charge on any atom is 0.143 e. The Morgan fingerprint density at radius 2 is 2.24 bits per heavy atom. The molecular formula is C16H14ClN3O. The third kappa shape index (κ3) is 2.93. The van der Waals surface area contributed by atoms with E-state index >= 15 is 0 Å². The van der Waals surface area contributed by atoms with Crippen LogP contribution < -0.4 is 10.1 Å². The van der Waals surface area contributed by atoms with Crippen LogP contribution in [0.4, 0.5) is 5.82 Å². The standard InChI is InChI=1S/C16H14ClN3O/c17-13-4-1-3-12-14(5-2-8-21-16(12)13)20-15-7-6-11(9-18)10-19-15/h1,3-4,6-7,10,14H,2,5,8H2,(H,19,20). The number of anilines is 1. The van der Waals surface area contributed by atoms with E-state index in [1.54, 1.807) is 12.3 Å². The number of ether oxygens (including phenoxy) is 1. The molecule has 0 radical (unpaired) electrons.